The van der Waals surface area contributed by atoms with Gasteiger partial charge in [0.25, 0.3) is 0 Å². The highest BCUT2D eigenvalue weighted by atomic mass is 32.1. The molecule has 0 atom stereocenters. The lowest BCUT2D eigenvalue weighted by molar-refractivity contribution is 0.415. The van der Waals surface area contributed by atoms with Crippen LogP contribution in [0.2, 0.25) is 0 Å². The summed E-state index contributed by atoms with van der Waals surface area (Å²) in [6, 6.07) is 84.5. The Kier molecular flexibility index (Phi) is 8.19. The van der Waals surface area contributed by atoms with Crippen LogP contribution in [0.1, 0.15) is 33.4 Å². The van der Waals surface area contributed by atoms with Gasteiger partial charge in [-0.25, -0.2) is 9.97 Å². The van der Waals surface area contributed by atoms with Gasteiger partial charge in [0, 0.05) is 36.7 Å². The highest BCUT2D eigenvalue weighted by Crippen LogP contribution is 2.65. The molecule has 0 amide bonds. The average Bonchev–Trinajstić information content (AvgIpc) is 3.73. The Labute approximate surface area is 359 Å². The molecule has 0 fully saturated rings. The molecule has 1 aliphatic carbocycles. The first kappa shape index (κ1) is 35.5. The molecule has 0 saturated carbocycles. The first-order chi connectivity index (χ1) is 30.3. The fourth-order valence-electron chi connectivity index (χ4n) is 10.6. The van der Waals surface area contributed by atoms with Gasteiger partial charge in [0.2, 0.25) is 0 Å². The van der Waals surface area contributed by atoms with E-state index in [4.69, 9.17) is 9.97 Å². The van der Waals surface area contributed by atoms with Gasteiger partial charge >= 0.3 is 0 Å². The Morgan fingerprint density at radius 2 is 0.836 bits per heavy atom. The van der Waals surface area contributed by atoms with Crippen molar-refractivity contribution in [3.63, 3.8) is 0 Å². The van der Waals surface area contributed by atoms with Gasteiger partial charge in [0.1, 0.15) is 0 Å². The molecule has 0 unspecified atom stereocenters. The molecule has 11 aromatic rings. The van der Waals surface area contributed by atoms with Crippen molar-refractivity contribution in [2.45, 2.75) is 10.8 Å². The van der Waals surface area contributed by atoms with Crippen LogP contribution in [0.5, 0.6) is 0 Å². The van der Waals surface area contributed by atoms with Crippen LogP contribution in [-0.4, -0.2) is 9.97 Å². The molecule has 2 heterocycles. The van der Waals surface area contributed by atoms with Crippen molar-refractivity contribution in [2.75, 3.05) is 0 Å². The summed E-state index contributed by atoms with van der Waals surface area (Å²) in [6.07, 6.45) is 0. The molecule has 286 valence electrons. The van der Waals surface area contributed by atoms with Gasteiger partial charge in [-0.2, -0.15) is 0 Å². The Morgan fingerprint density at radius 1 is 0.344 bits per heavy atom. The third kappa shape index (κ3) is 5.14. The Hall–Kier alpha value is -7.46. The highest BCUT2D eigenvalue weighted by Gasteiger charge is 2.61. The number of benzene rings is 9. The van der Waals surface area contributed by atoms with Gasteiger partial charge in [-0.3, -0.25) is 0 Å². The molecule has 2 nitrogen and oxygen atoms in total. The fourth-order valence-corrected chi connectivity index (χ4v) is 11.8. The van der Waals surface area contributed by atoms with Gasteiger partial charge in [-0.05, 0) is 62.7 Å². The monoisotopic (exact) mass is 794 g/mol. The second-order valence-corrected chi connectivity index (χ2v) is 17.0. The number of aromatic nitrogens is 2. The van der Waals surface area contributed by atoms with Crippen LogP contribution in [0.25, 0.3) is 64.8 Å². The number of fused-ring (bicyclic) bond motifs is 7. The first-order valence-electron chi connectivity index (χ1n) is 20.9. The van der Waals surface area contributed by atoms with Crippen LogP contribution in [0.15, 0.2) is 231 Å². The van der Waals surface area contributed by atoms with E-state index in [2.05, 4.69) is 231 Å². The van der Waals surface area contributed by atoms with Gasteiger partial charge in [-0.15, -0.1) is 11.3 Å². The van der Waals surface area contributed by atoms with Crippen molar-refractivity contribution in [2.24, 2.45) is 0 Å². The highest BCUT2D eigenvalue weighted by molar-refractivity contribution is 7.26. The summed E-state index contributed by atoms with van der Waals surface area (Å²) in [5.74, 6) is 0.708. The molecule has 0 N–H and O–H groups in total. The standard InChI is InChI=1S/C58H38N2S/c1-5-20-40(21-6-1)57(41-22-7-2-8-23-41)50-33-16-13-28-44(50)49-38-39(36-37-51(49)58(57,42-24-9-3-10-25-42)43-26-11-4-12-27-43)56-59-52-34-17-14-30-47(52)54(60-56)48-32-19-31-46-45-29-15-18-35-53(45)61-55(46)48/h1-38H. The molecule has 2 aromatic heterocycles. The van der Waals surface area contributed by atoms with Gasteiger partial charge in [-0.1, -0.05) is 212 Å². The molecule has 0 bridgehead atoms. The summed E-state index contributed by atoms with van der Waals surface area (Å²) in [7, 11) is 0. The van der Waals surface area contributed by atoms with Crippen molar-refractivity contribution in [1.29, 1.82) is 0 Å². The summed E-state index contributed by atoms with van der Waals surface area (Å²) >= 11 is 1.84. The van der Waals surface area contributed by atoms with E-state index >= 15 is 0 Å². The van der Waals surface area contributed by atoms with E-state index in [9.17, 15) is 0 Å². The van der Waals surface area contributed by atoms with Crippen molar-refractivity contribution in [1.82, 2.24) is 9.97 Å². The van der Waals surface area contributed by atoms with E-state index in [0.717, 1.165) is 27.7 Å². The van der Waals surface area contributed by atoms with E-state index in [1.54, 1.807) is 0 Å². The summed E-state index contributed by atoms with van der Waals surface area (Å²) < 4.78 is 2.52. The lowest BCUT2D eigenvalue weighted by Crippen LogP contribution is -2.54. The van der Waals surface area contributed by atoms with Crippen LogP contribution in [0.3, 0.4) is 0 Å². The van der Waals surface area contributed by atoms with Crippen LogP contribution in [0, 0.1) is 0 Å². The van der Waals surface area contributed by atoms with E-state index in [1.807, 2.05) is 11.3 Å². The van der Waals surface area contributed by atoms with E-state index in [-0.39, 0.29) is 0 Å². The molecular weight excluding hydrogens is 757 g/mol. The molecule has 12 rings (SSSR count). The van der Waals surface area contributed by atoms with Crippen LogP contribution < -0.4 is 0 Å². The van der Waals surface area contributed by atoms with Crippen molar-refractivity contribution < 1.29 is 0 Å². The third-order valence-electron chi connectivity index (χ3n) is 13.0. The Balaban J connectivity index is 1.19. The smallest absolute Gasteiger partial charge is 0.160 e. The lowest BCUT2D eigenvalue weighted by atomic mass is 9.43. The molecule has 0 radical (unpaired) electrons. The zero-order valence-electron chi connectivity index (χ0n) is 33.2. The summed E-state index contributed by atoms with van der Waals surface area (Å²) in [5, 5.41) is 3.58. The normalized spacial score (nSPS) is 13.8. The minimum absolute atomic E-state index is 0.682. The van der Waals surface area contributed by atoms with E-state index < -0.39 is 10.8 Å². The molecular formula is C58H38N2S. The Morgan fingerprint density at radius 3 is 1.48 bits per heavy atom. The first-order valence-corrected chi connectivity index (χ1v) is 21.7. The van der Waals surface area contributed by atoms with E-state index in [1.165, 1.54) is 64.7 Å². The lowest BCUT2D eigenvalue weighted by Gasteiger charge is -2.57. The summed E-state index contributed by atoms with van der Waals surface area (Å²) in [5.41, 5.74) is 12.3. The van der Waals surface area contributed by atoms with Crippen LogP contribution in [-0.2, 0) is 10.8 Å². The molecule has 61 heavy (non-hydrogen) atoms. The molecule has 0 spiro atoms. The number of para-hydroxylation sites is 1. The molecule has 9 aromatic carbocycles. The topological polar surface area (TPSA) is 25.8 Å². The van der Waals surface area contributed by atoms with Crippen molar-refractivity contribution >= 4 is 42.4 Å². The molecule has 1 aliphatic rings. The quantitative estimate of drug-likeness (QED) is 0.168. The predicted molar refractivity (Wildman–Crippen MR) is 254 cm³/mol. The maximum Gasteiger partial charge on any atom is 0.160 e. The summed E-state index contributed by atoms with van der Waals surface area (Å²) in [6.45, 7) is 0. The summed E-state index contributed by atoms with van der Waals surface area (Å²) in [4.78, 5) is 10.9. The van der Waals surface area contributed by atoms with E-state index in [0.29, 0.717) is 5.82 Å². The second kappa shape index (κ2) is 14.1. The number of hydrogen-bond donors (Lipinski definition) is 0. The predicted octanol–water partition coefficient (Wildman–Crippen LogP) is 14.7. The number of thiophene rings is 1. The van der Waals surface area contributed by atoms with Crippen LogP contribution in [0.4, 0.5) is 0 Å². The molecule has 0 aliphatic heterocycles. The molecule has 0 saturated heterocycles. The van der Waals surface area contributed by atoms with Crippen LogP contribution >= 0.6 is 11.3 Å². The number of nitrogens with zero attached hydrogens (tertiary/aromatic N) is 2. The second-order valence-electron chi connectivity index (χ2n) is 16.0. The SMILES string of the molecule is c1ccc(C2(c3ccccc3)c3ccccc3-c3cc(-c4nc(-c5cccc6c5sc5ccccc56)c5ccccc5n4)ccc3C2(c2ccccc2)c2ccccc2)cc1. The largest absolute Gasteiger partial charge is 0.228 e. The maximum atomic E-state index is 5.54. The number of hydrogen-bond acceptors (Lipinski definition) is 3. The number of rotatable bonds is 6. The van der Waals surface area contributed by atoms with Crippen molar-refractivity contribution in [3.05, 3.63) is 264 Å². The fraction of sp³-hybridized carbons (Fsp3) is 0.0345. The zero-order chi connectivity index (χ0) is 40.4. The Bertz CT molecular complexity index is 3330. The van der Waals surface area contributed by atoms with Crippen molar-refractivity contribution in [3.8, 4) is 33.8 Å². The van der Waals surface area contributed by atoms with Gasteiger partial charge in [0.15, 0.2) is 5.82 Å². The minimum Gasteiger partial charge on any atom is -0.228 e. The third-order valence-corrected chi connectivity index (χ3v) is 14.2. The average molecular weight is 795 g/mol. The van der Waals surface area contributed by atoms with Gasteiger partial charge < -0.3 is 0 Å². The van der Waals surface area contributed by atoms with Gasteiger partial charge in [0.05, 0.1) is 22.0 Å². The minimum atomic E-state index is -0.716. The maximum absolute atomic E-state index is 5.54. The molecule has 3 heteroatoms. The zero-order valence-corrected chi connectivity index (χ0v) is 34.1.